The summed E-state index contributed by atoms with van der Waals surface area (Å²) in [6, 6.07) is 0. The molecular weight excluding hydrogens is 154 g/mol. The van der Waals surface area contributed by atoms with Crippen LogP contribution in [0.2, 0.25) is 0 Å². The highest BCUT2D eigenvalue weighted by Gasteiger charge is 2.48. The molecule has 3 rings (SSSR count). The first-order chi connectivity index (χ1) is 5.80. The minimum absolute atomic E-state index is 0.234. The van der Waals surface area contributed by atoms with Crippen LogP contribution in [0, 0.1) is 0 Å². The number of ether oxygens (including phenoxy) is 1. The van der Waals surface area contributed by atoms with E-state index in [4.69, 9.17) is 10.5 Å². The van der Waals surface area contributed by atoms with Crippen molar-refractivity contribution >= 4 is 5.82 Å². The summed E-state index contributed by atoms with van der Waals surface area (Å²) < 4.78 is 7.65. The molecule has 2 heterocycles. The standard InChI is InChI=1S/C8H11N3O/c9-6-3-11-7(10-6)4-12-5-8(11)1-2-8/h3H,1-2,4-5,9H2. The molecule has 64 valence electrons. The van der Waals surface area contributed by atoms with E-state index in [1.165, 1.54) is 12.8 Å². The number of fused-ring (bicyclic) bond motifs is 2. The number of nitrogen functional groups attached to an aromatic ring is 1. The molecule has 1 aromatic rings. The second-order valence-electron chi connectivity index (χ2n) is 3.67. The highest BCUT2D eigenvalue weighted by molar-refractivity contribution is 5.29. The molecule has 0 unspecified atom stereocenters. The number of nitrogens with two attached hydrogens (primary N) is 1. The SMILES string of the molecule is Nc1cn2c(n1)COCC21CC1. The van der Waals surface area contributed by atoms with Gasteiger partial charge in [-0.3, -0.25) is 0 Å². The second-order valence-corrected chi connectivity index (χ2v) is 3.67. The summed E-state index contributed by atoms with van der Waals surface area (Å²) in [7, 11) is 0. The molecule has 0 radical (unpaired) electrons. The monoisotopic (exact) mass is 165 g/mol. The largest absolute Gasteiger partial charge is 0.382 e. The van der Waals surface area contributed by atoms with E-state index in [1.807, 2.05) is 6.20 Å². The summed E-state index contributed by atoms with van der Waals surface area (Å²) >= 11 is 0. The summed E-state index contributed by atoms with van der Waals surface area (Å²) in [5.41, 5.74) is 5.85. The Hall–Kier alpha value is -1.03. The van der Waals surface area contributed by atoms with Gasteiger partial charge in [0, 0.05) is 6.20 Å². The van der Waals surface area contributed by atoms with Crippen molar-refractivity contribution in [3.63, 3.8) is 0 Å². The summed E-state index contributed by atoms with van der Waals surface area (Å²) in [6.07, 6.45) is 4.34. The number of nitrogens with zero attached hydrogens (tertiary/aromatic N) is 2. The Labute approximate surface area is 70.3 Å². The Morgan fingerprint density at radius 1 is 1.58 bits per heavy atom. The zero-order valence-electron chi connectivity index (χ0n) is 6.79. The fourth-order valence-corrected chi connectivity index (χ4v) is 1.88. The lowest BCUT2D eigenvalue weighted by Gasteiger charge is -2.24. The van der Waals surface area contributed by atoms with Gasteiger partial charge in [0.15, 0.2) is 0 Å². The van der Waals surface area contributed by atoms with E-state index in [-0.39, 0.29) is 5.54 Å². The molecule has 1 spiro atoms. The molecule has 0 atom stereocenters. The van der Waals surface area contributed by atoms with Crippen LogP contribution in [-0.4, -0.2) is 16.2 Å². The molecule has 0 amide bonds. The van der Waals surface area contributed by atoms with Gasteiger partial charge < -0.3 is 15.0 Å². The fraction of sp³-hybridized carbons (Fsp3) is 0.625. The van der Waals surface area contributed by atoms with Crippen molar-refractivity contribution in [3.8, 4) is 0 Å². The molecule has 2 aliphatic rings. The summed E-state index contributed by atoms with van der Waals surface area (Å²) in [5, 5.41) is 0. The van der Waals surface area contributed by atoms with Gasteiger partial charge in [-0.25, -0.2) is 4.98 Å². The minimum Gasteiger partial charge on any atom is -0.382 e. The van der Waals surface area contributed by atoms with Crippen molar-refractivity contribution in [2.24, 2.45) is 0 Å². The molecule has 0 aromatic carbocycles. The molecule has 1 aliphatic heterocycles. The highest BCUT2D eigenvalue weighted by Crippen LogP contribution is 2.46. The molecule has 0 bridgehead atoms. The van der Waals surface area contributed by atoms with Crippen LogP contribution in [0.15, 0.2) is 6.20 Å². The molecule has 4 heteroatoms. The topological polar surface area (TPSA) is 53.1 Å². The van der Waals surface area contributed by atoms with Gasteiger partial charge in [0.2, 0.25) is 0 Å². The predicted octanol–water partition coefficient (Wildman–Crippen LogP) is 0.485. The van der Waals surface area contributed by atoms with E-state index in [9.17, 15) is 0 Å². The van der Waals surface area contributed by atoms with Crippen molar-refractivity contribution in [1.29, 1.82) is 0 Å². The van der Waals surface area contributed by atoms with Gasteiger partial charge in [-0.05, 0) is 12.8 Å². The van der Waals surface area contributed by atoms with Crippen molar-refractivity contribution in [3.05, 3.63) is 12.0 Å². The molecule has 0 saturated heterocycles. The molecule has 12 heavy (non-hydrogen) atoms. The number of hydrogen-bond donors (Lipinski definition) is 1. The summed E-state index contributed by atoms with van der Waals surface area (Å²) in [4.78, 5) is 4.20. The van der Waals surface area contributed by atoms with Crippen molar-refractivity contribution in [2.75, 3.05) is 12.3 Å². The fourth-order valence-electron chi connectivity index (χ4n) is 1.88. The van der Waals surface area contributed by atoms with Gasteiger partial charge in [-0.1, -0.05) is 0 Å². The van der Waals surface area contributed by atoms with E-state index >= 15 is 0 Å². The molecular formula is C8H11N3O. The Morgan fingerprint density at radius 2 is 2.42 bits per heavy atom. The summed E-state index contributed by atoms with van der Waals surface area (Å²) in [6.45, 7) is 1.44. The Bertz CT molecular complexity index is 327. The zero-order chi connectivity index (χ0) is 8.18. The van der Waals surface area contributed by atoms with E-state index in [1.54, 1.807) is 0 Å². The third-order valence-electron chi connectivity index (χ3n) is 2.74. The lowest BCUT2D eigenvalue weighted by molar-refractivity contribution is 0.0446. The van der Waals surface area contributed by atoms with Crippen LogP contribution in [0.4, 0.5) is 5.82 Å². The van der Waals surface area contributed by atoms with E-state index in [0.29, 0.717) is 12.4 Å². The lowest BCUT2D eigenvalue weighted by atomic mass is 10.2. The number of anilines is 1. The molecule has 1 saturated carbocycles. The molecule has 1 aliphatic carbocycles. The molecule has 2 N–H and O–H groups in total. The predicted molar refractivity (Wildman–Crippen MR) is 43.5 cm³/mol. The van der Waals surface area contributed by atoms with Gasteiger partial charge in [-0.2, -0.15) is 0 Å². The van der Waals surface area contributed by atoms with Crippen LogP contribution in [0.5, 0.6) is 0 Å². The first kappa shape index (κ1) is 6.48. The minimum atomic E-state index is 0.234. The first-order valence-electron chi connectivity index (χ1n) is 4.22. The van der Waals surface area contributed by atoms with Crippen LogP contribution in [0.1, 0.15) is 18.7 Å². The normalized spacial score (nSPS) is 24.0. The van der Waals surface area contributed by atoms with Crippen LogP contribution in [0.3, 0.4) is 0 Å². The van der Waals surface area contributed by atoms with E-state index in [2.05, 4.69) is 9.55 Å². The van der Waals surface area contributed by atoms with E-state index < -0.39 is 0 Å². The van der Waals surface area contributed by atoms with Gasteiger partial charge >= 0.3 is 0 Å². The zero-order valence-corrected chi connectivity index (χ0v) is 6.79. The number of rotatable bonds is 0. The Balaban J connectivity index is 2.15. The second kappa shape index (κ2) is 1.82. The maximum atomic E-state index is 5.62. The van der Waals surface area contributed by atoms with Gasteiger partial charge in [0.25, 0.3) is 0 Å². The molecule has 1 aromatic heterocycles. The third kappa shape index (κ3) is 0.679. The van der Waals surface area contributed by atoms with Crippen molar-refractivity contribution in [2.45, 2.75) is 25.0 Å². The van der Waals surface area contributed by atoms with E-state index in [0.717, 1.165) is 12.4 Å². The van der Waals surface area contributed by atoms with Crippen molar-refractivity contribution < 1.29 is 4.74 Å². The maximum Gasteiger partial charge on any atom is 0.142 e. The summed E-state index contributed by atoms with van der Waals surface area (Å²) in [5.74, 6) is 1.60. The van der Waals surface area contributed by atoms with Gasteiger partial charge in [0.1, 0.15) is 18.2 Å². The highest BCUT2D eigenvalue weighted by atomic mass is 16.5. The first-order valence-corrected chi connectivity index (χ1v) is 4.22. The molecule has 1 fully saturated rings. The third-order valence-corrected chi connectivity index (χ3v) is 2.74. The van der Waals surface area contributed by atoms with Gasteiger partial charge in [0.05, 0.1) is 12.1 Å². The lowest BCUT2D eigenvalue weighted by Crippen LogP contribution is -2.29. The average Bonchev–Trinajstić information content (AvgIpc) is 2.68. The van der Waals surface area contributed by atoms with Crippen LogP contribution < -0.4 is 5.73 Å². The average molecular weight is 165 g/mol. The number of hydrogen-bond acceptors (Lipinski definition) is 3. The maximum absolute atomic E-state index is 5.62. The van der Waals surface area contributed by atoms with Crippen LogP contribution >= 0.6 is 0 Å². The Morgan fingerprint density at radius 3 is 3.17 bits per heavy atom. The Kier molecular flexibility index (Phi) is 0.985. The number of imidazole rings is 1. The van der Waals surface area contributed by atoms with Crippen LogP contribution in [0.25, 0.3) is 0 Å². The van der Waals surface area contributed by atoms with Crippen LogP contribution in [-0.2, 0) is 16.9 Å². The number of aromatic nitrogens is 2. The molecule has 4 nitrogen and oxygen atoms in total. The van der Waals surface area contributed by atoms with Crippen molar-refractivity contribution in [1.82, 2.24) is 9.55 Å². The van der Waals surface area contributed by atoms with Gasteiger partial charge in [-0.15, -0.1) is 0 Å². The smallest absolute Gasteiger partial charge is 0.142 e. The quantitative estimate of drug-likeness (QED) is 0.608.